The predicted molar refractivity (Wildman–Crippen MR) is 81.1 cm³/mol. The maximum absolute atomic E-state index is 5.95. The van der Waals surface area contributed by atoms with E-state index in [2.05, 4.69) is 32.2 Å². The summed E-state index contributed by atoms with van der Waals surface area (Å²) in [4.78, 5) is 0. The zero-order valence-corrected chi connectivity index (χ0v) is 12.0. The molecule has 1 atom stereocenters. The van der Waals surface area contributed by atoms with Gasteiger partial charge in [0.2, 0.25) is 5.13 Å². The fraction of sp³-hybridized carbons (Fsp3) is 0.0714. The van der Waals surface area contributed by atoms with Gasteiger partial charge in [0.05, 0.1) is 6.04 Å². The molecule has 0 bridgehead atoms. The van der Waals surface area contributed by atoms with Crippen LogP contribution in [0.25, 0.3) is 0 Å². The Kier molecular flexibility index (Phi) is 3.90. The van der Waals surface area contributed by atoms with E-state index in [1.807, 2.05) is 42.5 Å². The van der Waals surface area contributed by atoms with Gasteiger partial charge in [-0.2, -0.15) is 0 Å². The molecular weight excluding hydrogens is 292 g/mol. The lowest BCUT2D eigenvalue weighted by Gasteiger charge is -2.18. The van der Waals surface area contributed by atoms with E-state index in [0.717, 1.165) is 16.1 Å². The fourth-order valence-electron chi connectivity index (χ4n) is 1.97. The van der Waals surface area contributed by atoms with Gasteiger partial charge in [0, 0.05) is 16.6 Å². The highest BCUT2D eigenvalue weighted by molar-refractivity contribution is 7.09. The fourth-order valence-corrected chi connectivity index (χ4v) is 2.49. The van der Waals surface area contributed by atoms with Gasteiger partial charge >= 0.3 is 0 Å². The number of hydrogen-bond acceptors (Lipinski definition) is 5. The summed E-state index contributed by atoms with van der Waals surface area (Å²) in [5.74, 6) is 0. The number of aromatic nitrogens is 3. The van der Waals surface area contributed by atoms with Crippen molar-refractivity contribution in [3.63, 3.8) is 0 Å². The molecule has 20 heavy (non-hydrogen) atoms. The van der Waals surface area contributed by atoms with Crippen molar-refractivity contribution in [3.8, 4) is 0 Å². The first-order valence-electron chi connectivity index (χ1n) is 6.05. The molecule has 1 N–H and O–H groups in total. The molecule has 0 aliphatic carbocycles. The number of nitrogens with zero attached hydrogens (tertiary/aromatic N) is 3. The van der Waals surface area contributed by atoms with Crippen molar-refractivity contribution < 1.29 is 0 Å². The maximum Gasteiger partial charge on any atom is 0.226 e. The average molecular weight is 303 g/mol. The summed E-state index contributed by atoms with van der Waals surface area (Å²) in [6.45, 7) is 0. The summed E-state index contributed by atoms with van der Waals surface area (Å²) >= 11 is 7.19. The van der Waals surface area contributed by atoms with Crippen LogP contribution in [-0.2, 0) is 0 Å². The Balaban J connectivity index is 1.97. The van der Waals surface area contributed by atoms with Crippen molar-refractivity contribution in [3.05, 3.63) is 70.7 Å². The van der Waals surface area contributed by atoms with Gasteiger partial charge in [-0.15, -0.1) is 0 Å². The molecule has 1 aromatic heterocycles. The summed E-state index contributed by atoms with van der Waals surface area (Å²) in [5.41, 5.74) is 2.25. The second kappa shape index (κ2) is 5.98. The molecule has 0 saturated heterocycles. The van der Waals surface area contributed by atoms with E-state index in [4.69, 9.17) is 11.6 Å². The molecule has 6 heteroatoms. The van der Waals surface area contributed by atoms with E-state index < -0.39 is 0 Å². The van der Waals surface area contributed by atoms with Crippen molar-refractivity contribution in [1.29, 1.82) is 0 Å². The van der Waals surface area contributed by atoms with Gasteiger partial charge in [0.25, 0.3) is 0 Å². The molecule has 0 amide bonds. The Hall–Kier alpha value is -1.98. The minimum absolute atomic E-state index is 0.0109. The van der Waals surface area contributed by atoms with Crippen LogP contribution >= 0.6 is 23.1 Å². The van der Waals surface area contributed by atoms with E-state index >= 15 is 0 Å². The largest absolute Gasteiger partial charge is 0.348 e. The molecule has 2 aromatic carbocycles. The van der Waals surface area contributed by atoms with Gasteiger partial charge < -0.3 is 5.32 Å². The Bertz CT molecular complexity index is 655. The van der Waals surface area contributed by atoms with Crippen LogP contribution in [0.1, 0.15) is 17.2 Å². The van der Waals surface area contributed by atoms with Crippen LogP contribution in [0, 0.1) is 0 Å². The lowest BCUT2D eigenvalue weighted by Crippen LogP contribution is -2.12. The SMILES string of the molecule is Clc1ccc(C(Nc2nnns2)c2ccccc2)cc1. The van der Waals surface area contributed by atoms with E-state index in [1.165, 1.54) is 11.5 Å². The number of hydrogen-bond donors (Lipinski definition) is 1. The van der Waals surface area contributed by atoms with Gasteiger partial charge in [-0.1, -0.05) is 63.7 Å². The lowest BCUT2D eigenvalue weighted by molar-refractivity contribution is 0.903. The van der Waals surface area contributed by atoms with Crippen molar-refractivity contribution in [1.82, 2.24) is 14.8 Å². The van der Waals surface area contributed by atoms with Crippen LogP contribution in [-0.4, -0.2) is 14.8 Å². The van der Waals surface area contributed by atoms with Crippen LogP contribution in [0.4, 0.5) is 5.13 Å². The lowest BCUT2D eigenvalue weighted by atomic mass is 9.99. The molecule has 3 aromatic rings. The normalized spacial score (nSPS) is 12.1. The molecule has 100 valence electrons. The second-order valence-electron chi connectivity index (χ2n) is 4.21. The summed E-state index contributed by atoms with van der Waals surface area (Å²) in [7, 11) is 0. The van der Waals surface area contributed by atoms with E-state index in [0.29, 0.717) is 5.13 Å². The molecule has 1 heterocycles. The minimum atomic E-state index is -0.0109. The van der Waals surface area contributed by atoms with Crippen LogP contribution in [0.2, 0.25) is 5.02 Å². The van der Waals surface area contributed by atoms with E-state index in [1.54, 1.807) is 0 Å². The number of benzene rings is 2. The highest BCUT2D eigenvalue weighted by Gasteiger charge is 2.15. The average Bonchev–Trinajstić information content (AvgIpc) is 3.00. The second-order valence-corrected chi connectivity index (χ2v) is 5.38. The number of halogens is 1. The first kappa shape index (κ1) is 13.0. The van der Waals surface area contributed by atoms with Crippen molar-refractivity contribution in [2.45, 2.75) is 6.04 Å². The first-order chi connectivity index (χ1) is 9.83. The maximum atomic E-state index is 5.95. The monoisotopic (exact) mass is 302 g/mol. The van der Waals surface area contributed by atoms with Crippen LogP contribution in [0.5, 0.6) is 0 Å². The summed E-state index contributed by atoms with van der Waals surface area (Å²) in [6, 6.07) is 17.9. The summed E-state index contributed by atoms with van der Waals surface area (Å²) in [5, 5.41) is 12.3. The highest BCUT2D eigenvalue weighted by Crippen LogP contribution is 2.27. The third-order valence-corrected chi connectivity index (χ3v) is 3.68. The number of rotatable bonds is 4. The number of nitrogens with one attached hydrogen (secondary N) is 1. The molecule has 0 aliphatic rings. The molecule has 0 aliphatic heterocycles. The van der Waals surface area contributed by atoms with Crippen LogP contribution < -0.4 is 5.32 Å². The molecule has 4 nitrogen and oxygen atoms in total. The Morgan fingerprint density at radius 2 is 1.65 bits per heavy atom. The van der Waals surface area contributed by atoms with Crippen molar-refractivity contribution in [2.24, 2.45) is 0 Å². The van der Waals surface area contributed by atoms with Crippen molar-refractivity contribution >= 4 is 28.3 Å². The predicted octanol–water partition coefficient (Wildman–Crippen LogP) is 3.79. The molecule has 3 rings (SSSR count). The van der Waals surface area contributed by atoms with Crippen molar-refractivity contribution in [2.75, 3.05) is 5.32 Å². The molecule has 0 radical (unpaired) electrons. The van der Waals surface area contributed by atoms with Gasteiger partial charge in [0.15, 0.2) is 0 Å². The van der Waals surface area contributed by atoms with Gasteiger partial charge in [-0.25, -0.2) is 0 Å². The molecule has 0 saturated carbocycles. The highest BCUT2D eigenvalue weighted by atomic mass is 35.5. The summed E-state index contributed by atoms with van der Waals surface area (Å²) < 4.78 is 3.77. The number of anilines is 1. The summed E-state index contributed by atoms with van der Waals surface area (Å²) in [6.07, 6.45) is 0. The quantitative estimate of drug-likeness (QED) is 0.796. The standard InChI is InChI=1S/C14H11ClN4S/c15-12-8-6-11(7-9-12)13(10-4-2-1-3-5-10)16-14-17-18-19-20-14/h1-9,13H,(H,16,17,19). The van der Waals surface area contributed by atoms with Crippen LogP contribution in [0.15, 0.2) is 54.6 Å². The Labute approximate surface area is 125 Å². The van der Waals surface area contributed by atoms with Gasteiger partial charge in [-0.3, -0.25) is 0 Å². The first-order valence-corrected chi connectivity index (χ1v) is 7.20. The Morgan fingerprint density at radius 3 is 2.30 bits per heavy atom. The third-order valence-electron chi connectivity index (χ3n) is 2.90. The molecule has 1 unspecified atom stereocenters. The van der Waals surface area contributed by atoms with Gasteiger partial charge in [-0.05, 0) is 28.5 Å². The Morgan fingerprint density at radius 1 is 0.950 bits per heavy atom. The third kappa shape index (κ3) is 2.95. The molecule has 0 fully saturated rings. The van der Waals surface area contributed by atoms with E-state index in [-0.39, 0.29) is 6.04 Å². The zero-order chi connectivity index (χ0) is 13.8. The smallest absolute Gasteiger partial charge is 0.226 e. The topological polar surface area (TPSA) is 50.7 Å². The van der Waals surface area contributed by atoms with Gasteiger partial charge in [0.1, 0.15) is 0 Å². The van der Waals surface area contributed by atoms with Crippen LogP contribution in [0.3, 0.4) is 0 Å². The minimum Gasteiger partial charge on any atom is -0.348 e. The van der Waals surface area contributed by atoms with E-state index in [9.17, 15) is 0 Å². The molecule has 0 spiro atoms. The molecular formula is C14H11ClN4S. The zero-order valence-electron chi connectivity index (χ0n) is 10.4.